The van der Waals surface area contributed by atoms with Crippen molar-refractivity contribution in [2.75, 3.05) is 13.2 Å². The molecular formula is C77H145NO5. The van der Waals surface area contributed by atoms with Crippen LogP contribution in [0.25, 0.3) is 0 Å². The van der Waals surface area contributed by atoms with Gasteiger partial charge in [0.15, 0.2) is 0 Å². The third-order valence-corrected chi connectivity index (χ3v) is 17.3. The first-order chi connectivity index (χ1) is 41.0. The minimum atomic E-state index is -0.667. The number of allylic oxidation sites excluding steroid dienone is 8. The predicted molar refractivity (Wildman–Crippen MR) is 366 cm³/mol. The van der Waals surface area contributed by atoms with Crippen molar-refractivity contribution in [3.63, 3.8) is 0 Å². The van der Waals surface area contributed by atoms with Gasteiger partial charge in [-0.2, -0.15) is 0 Å². The van der Waals surface area contributed by atoms with E-state index in [0.717, 1.165) is 57.8 Å². The highest BCUT2D eigenvalue weighted by molar-refractivity contribution is 5.76. The second kappa shape index (κ2) is 72.3. The van der Waals surface area contributed by atoms with E-state index in [1.165, 1.54) is 315 Å². The van der Waals surface area contributed by atoms with Gasteiger partial charge in [0, 0.05) is 12.8 Å². The molecule has 2 atom stereocenters. The quantitative estimate of drug-likeness (QED) is 0.0320. The summed E-state index contributed by atoms with van der Waals surface area (Å²) in [6.45, 7) is 4.91. The second-order valence-electron chi connectivity index (χ2n) is 25.6. The maximum absolute atomic E-state index is 12.6. The van der Waals surface area contributed by atoms with Crippen LogP contribution < -0.4 is 5.32 Å². The molecule has 0 bridgehead atoms. The van der Waals surface area contributed by atoms with E-state index in [1.807, 2.05) is 0 Å². The number of hydrogen-bond acceptors (Lipinski definition) is 5. The van der Waals surface area contributed by atoms with Crippen molar-refractivity contribution < 1.29 is 24.5 Å². The fourth-order valence-corrected chi connectivity index (χ4v) is 11.7. The van der Waals surface area contributed by atoms with Crippen LogP contribution in [-0.4, -0.2) is 47.4 Å². The van der Waals surface area contributed by atoms with Crippen molar-refractivity contribution in [2.24, 2.45) is 0 Å². The van der Waals surface area contributed by atoms with Gasteiger partial charge in [-0.3, -0.25) is 9.59 Å². The minimum absolute atomic E-state index is 0.00308. The monoisotopic (exact) mass is 1160 g/mol. The maximum atomic E-state index is 12.6. The van der Waals surface area contributed by atoms with Crippen LogP contribution in [0.15, 0.2) is 48.6 Å². The predicted octanol–water partition coefficient (Wildman–Crippen LogP) is 24.4. The number of carbonyl (C=O) groups is 2. The van der Waals surface area contributed by atoms with Crippen LogP contribution in [-0.2, 0) is 14.3 Å². The molecule has 0 aliphatic rings. The first-order valence-electron chi connectivity index (χ1n) is 37.4. The molecule has 0 aliphatic heterocycles. The van der Waals surface area contributed by atoms with Crippen molar-refractivity contribution in [2.45, 2.75) is 418 Å². The van der Waals surface area contributed by atoms with E-state index < -0.39 is 12.1 Å². The van der Waals surface area contributed by atoms with Gasteiger partial charge < -0.3 is 20.3 Å². The van der Waals surface area contributed by atoms with Crippen molar-refractivity contribution in [3.8, 4) is 0 Å². The van der Waals surface area contributed by atoms with Gasteiger partial charge in [-0.05, 0) is 83.5 Å². The van der Waals surface area contributed by atoms with Gasteiger partial charge in [0.05, 0.1) is 25.4 Å². The van der Waals surface area contributed by atoms with Crippen LogP contribution in [0.1, 0.15) is 406 Å². The van der Waals surface area contributed by atoms with Gasteiger partial charge in [0.2, 0.25) is 5.91 Å². The summed E-state index contributed by atoms with van der Waals surface area (Å²) in [5.74, 6) is -0.0347. The zero-order valence-electron chi connectivity index (χ0n) is 55.9. The number of nitrogens with one attached hydrogen (secondary N) is 1. The van der Waals surface area contributed by atoms with Crippen LogP contribution in [0.4, 0.5) is 0 Å². The molecule has 0 fully saturated rings. The fraction of sp³-hybridized carbons (Fsp3) is 0.870. The second-order valence-corrected chi connectivity index (χ2v) is 25.6. The number of rotatable bonds is 70. The number of unbranched alkanes of at least 4 members (excludes halogenated alkanes) is 51. The van der Waals surface area contributed by atoms with E-state index in [1.54, 1.807) is 0 Å². The lowest BCUT2D eigenvalue weighted by Gasteiger charge is -2.22. The van der Waals surface area contributed by atoms with E-state index in [0.29, 0.717) is 25.9 Å². The highest BCUT2D eigenvalue weighted by Crippen LogP contribution is 2.19. The molecule has 0 aromatic heterocycles. The van der Waals surface area contributed by atoms with E-state index in [4.69, 9.17) is 4.74 Å². The van der Waals surface area contributed by atoms with Crippen LogP contribution in [0, 0.1) is 0 Å². The SMILES string of the molecule is CCC/C=C\C/C=C\CCCCCCCC(=O)OCCCCCCCCCCC/C=C\C/C=C\CCCCCCCCCCCCCCCC(=O)NC(CO)C(O)CCCCCCCCCCCCCCCCCCCCCCCCCC. The first-order valence-corrected chi connectivity index (χ1v) is 37.4. The molecule has 0 rings (SSSR count). The Morgan fingerprint density at radius 1 is 0.337 bits per heavy atom. The molecule has 1 amide bonds. The number of aliphatic hydroxyl groups is 2. The van der Waals surface area contributed by atoms with Gasteiger partial charge in [-0.1, -0.05) is 358 Å². The molecule has 0 saturated heterocycles. The van der Waals surface area contributed by atoms with Gasteiger partial charge in [0.1, 0.15) is 0 Å². The molecule has 0 radical (unpaired) electrons. The van der Waals surface area contributed by atoms with Gasteiger partial charge >= 0.3 is 5.97 Å². The number of esters is 1. The third-order valence-electron chi connectivity index (χ3n) is 17.3. The van der Waals surface area contributed by atoms with Crippen molar-refractivity contribution in [3.05, 3.63) is 48.6 Å². The molecule has 0 saturated carbocycles. The van der Waals surface area contributed by atoms with Gasteiger partial charge in [-0.15, -0.1) is 0 Å². The Kier molecular flexibility index (Phi) is 70.4. The summed E-state index contributed by atoms with van der Waals surface area (Å²) in [5, 5.41) is 23.5. The molecular weight excluding hydrogens is 1020 g/mol. The molecule has 6 nitrogen and oxygen atoms in total. The number of hydrogen-bond donors (Lipinski definition) is 3. The highest BCUT2D eigenvalue weighted by atomic mass is 16.5. The molecule has 0 heterocycles. The molecule has 3 N–H and O–H groups in total. The lowest BCUT2D eigenvalue weighted by molar-refractivity contribution is -0.143. The average Bonchev–Trinajstić information content (AvgIpc) is 3.48. The standard InChI is InChI=1S/C77H145NO5/c1-3-5-7-9-11-13-15-17-18-19-20-21-22-30-33-36-39-42-46-49-53-57-61-65-69-75(80)74(73-79)78-76(81)70-66-62-58-54-50-47-43-40-37-34-31-28-26-24-23-25-27-29-32-35-38-41-44-48-52-56-60-64-68-72-83-77(82)71-67-63-59-55-51-45-16-14-12-10-8-6-4-2/h8,10,14,16,23,25,29,32,74-75,79-80H,3-7,9,11-13,15,17-22,24,26-28,30-31,33-73H2,1-2H3,(H,78,81)/b10-8-,16-14-,25-23-,32-29-. The highest BCUT2D eigenvalue weighted by Gasteiger charge is 2.20. The van der Waals surface area contributed by atoms with E-state index >= 15 is 0 Å². The number of aliphatic hydroxyl groups excluding tert-OH is 2. The molecule has 0 aliphatic carbocycles. The number of carbonyl (C=O) groups excluding carboxylic acids is 2. The summed E-state index contributed by atoms with van der Waals surface area (Å²) >= 11 is 0. The average molecular weight is 1170 g/mol. The van der Waals surface area contributed by atoms with E-state index in [9.17, 15) is 19.8 Å². The van der Waals surface area contributed by atoms with Crippen LogP contribution in [0.2, 0.25) is 0 Å². The summed E-state index contributed by atoms with van der Waals surface area (Å²) in [6.07, 6.45) is 94.6. The maximum Gasteiger partial charge on any atom is 0.305 e. The fourth-order valence-electron chi connectivity index (χ4n) is 11.7. The van der Waals surface area contributed by atoms with Crippen LogP contribution in [0.3, 0.4) is 0 Å². The van der Waals surface area contributed by atoms with Gasteiger partial charge in [0.25, 0.3) is 0 Å². The van der Waals surface area contributed by atoms with Crippen molar-refractivity contribution >= 4 is 11.9 Å². The lowest BCUT2D eigenvalue weighted by Crippen LogP contribution is -2.45. The Labute approximate surface area is 518 Å². The summed E-state index contributed by atoms with van der Waals surface area (Å²) < 4.78 is 5.47. The molecule has 83 heavy (non-hydrogen) atoms. The normalized spacial score (nSPS) is 12.8. The zero-order valence-corrected chi connectivity index (χ0v) is 55.9. The Hall–Kier alpha value is -2.18. The molecule has 6 heteroatoms. The first kappa shape index (κ1) is 80.8. The molecule has 0 aromatic rings. The zero-order chi connectivity index (χ0) is 59.9. The van der Waals surface area contributed by atoms with Gasteiger partial charge in [-0.25, -0.2) is 0 Å². The Balaban J connectivity index is 3.41. The summed E-state index contributed by atoms with van der Waals surface area (Å²) in [4.78, 5) is 24.6. The van der Waals surface area contributed by atoms with E-state index in [2.05, 4.69) is 67.8 Å². The smallest absolute Gasteiger partial charge is 0.305 e. The topological polar surface area (TPSA) is 95.9 Å². The van der Waals surface area contributed by atoms with Crippen LogP contribution >= 0.6 is 0 Å². The Bertz CT molecular complexity index is 1390. The lowest BCUT2D eigenvalue weighted by atomic mass is 10.0. The summed E-state index contributed by atoms with van der Waals surface area (Å²) in [5.41, 5.74) is 0. The third kappa shape index (κ3) is 68.8. The molecule has 0 aromatic carbocycles. The molecule has 0 spiro atoms. The summed E-state index contributed by atoms with van der Waals surface area (Å²) in [7, 11) is 0. The van der Waals surface area contributed by atoms with Crippen molar-refractivity contribution in [1.82, 2.24) is 5.32 Å². The van der Waals surface area contributed by atoms with Crippen LogP contribution in [0.5, 0.6) is 0 Å². The van der Waals surface area contributed by atoms with E-state index in [-0.39, 0.29) is 18.5 Å². The molecule has 488 valence electrons. The molecule has 2 unspecified atom stereocenters. The largest absolute Gasteiger partial charge is 0.466 e. The van der Waals surface area contributed by atoms with Crippen molar-refractivity contribution in [1.29, 1.82) is 0 Å². The minimum Gasteiger partial charge on any atom is -0.466 e. The number of amides is 1. The Morgan fingerprint density at radius 3 is 0.964 bits per heavy atom. The summed E-state index contributed by atoms with van der Waals surface area (Å²) in [6, 6.07) is -0.545. The number of ether oxygens (including phenoxy) is 1. The Morgan fingerprint density at radius 2 is 0.627 bits per heavy atom.